The molecule has 132 valence electrons. The Bertz CT molecular complexity index is 921. The fourth-order valence-corrected chi connectivity index (χ4v) is 3.10. The number of rotatable bonds is 5. The fourth-order valence-electron chi connectivity index (χ4n) is 3.10. The van der Waals surface area contributed by atoms with Crippen molar-refractivity contribution in [2.75, 3.05) is 6.61 Å². The van der Waals surface area contributed by atoms with Crippen LogP contribution in [0.4, 0.5) is 0 Å². The van der Waals surface area contributed by atoms with Crippen LogP contribution in [0, 0.1) is 0 Å². The van der Waals surface area contributed by atoms with Gasteiger partial charge >= 0.3 is 5.97 Å². The Morgan fingerprint density at radius 3 is 2.68 bits per heavy atom. The molecule has 0 N–H and O–H groups in total. The minimum atomic E-state index is -0.318. The SMILES string of the molecule is CCOC(=O)c1ccc2c(c1)nc(-c1cn(C)nc1C(C)C)n2CC. The third kappa shape index (κ3) is 3.04. The van der Waals surface area contributed by atoms with E-state index in [-0.39, 0.29) is 5.97 Å². The van der Waals surface area contributed by atoms with E-state index in [0.717, 1.165) is 34.7 Å². The van der Waals surface area contributed by atoms with E-state index in [1.54, 1.807) is 19.1 Å². The quantitative estimate of drug-likeness (QED) is 0.664. The molecule has 0 saturated carbocycles. The maximum atomic E-state index is 12.0. The van der Waals surface area contributed by atoms with E-state index in [9.17, 15) is 4.79 Å². The maximum absolute atomic E-state index is 12.0. The summed E-state index contributed by atoms with van der Waals surface area (Å²) in [5.41, 5.74) is 4.38. The Balaban J connectivity index is 2.18. The first kappa shape index (κ1) is 17.2. The summed E-state index contributed by atoms with van der Waals surface area (Å²) in [7, 11) is 1.92. The summed E-state index contributed by atoms with van der Waals surface area (Å²) < 4.78 is 9.08. The molecule has 1 aromatic carbocycles. The number of nitrogens with zero attached hydrogens (tertiary/aromatic N) is 4. The number of ether oxygens (including phenoxy) is 1. The molecular weight excluding hydrogens is 316 g/mol. The summed E-state index contributed by atoms with van der Waals surface area (Å²) in [5.74, 6) is 0.868. The third-order valence-electron chi connectivity index (χ3n) is 4.22. The number of hydrogen-bond donors (Lipinski definition) is 0. The van der Waals surface area contributed by atoms with Crippen LogP contribution < -0.4 is 0 Å². The summed E-state index contributed by atoms with van der Waals surface area (Å²) in [6, 6.07) is 5.53. The summed E-state index contributed by atoms with van der Waals surface area (Å²) in [6.07, 6.45) is 2.01. The number of aryl methyl sites for hydroxylation is 2. The topological polar surface area (TPSA) is 61.9 Å². The van der Waals surface area contributed by atoms with Crippen molar-refractivity contribution < 1.29 is 9.53 Å². The van der Waals surface area contributed by atoms with E-state index in [0.29, 0.717) is 18.1 Å². The van der Waals surface area contributed by atoms with Crippen LogP contribution in [0.2, 0.25) is 0 Å². The summed E-state index contributed by atoms with van der Waals surface area (Å²) in [6.45, 7) is 9.30. The van der Waals surface area contributed by atoms with Crippen LogP contribution in [0.5, 0.6) is 0 Å². The zero-order valence-corrected chi connectivity index (χ0v) is 15.4. The molecule has 0 amide bonds. The predicted molar refractivity (Wildman–Crippen MR) is 97.7 cm³/mol. The number of carbonyl (C=O) groups excluding carboxylic acids is 1. The highest BCUT2D eigenvalue weighted by molar-refractivity contribution is 5.94. The standard InChI is InChI=1S/C19H24N4O2/c1-6-23-16-9-8-13(19(24)25-7-2)10-15(16)20-18(23)14-11-22(5)21-17(14)12(3)4/h8-12H,6-7H2,1-5H3. The van der Waals surface area contributed by atoms with Gasteiger partial charge in [0.05, 0.1) is 34.5 Å². The molecule has 0 spiro atoms. The van der Waals surface area contributed by atoms with Crippen molar-refractivity contribution in [1.29, 1.82) is 0 Å². The van der Waals surface area contributed by atoms with Gasteiger partial charge in [0.15, 0.2) is 0 Å². The van der Waals surface area contributed by atoms with Gasteiger partial charge in [0.25, 0.3) is 0 Å². The Labute approximate surface area is 147 Å². The van der Waals surface area contributed by atoms with Gasteiger partial charge < -0.3 is 9.30 Å². The first-order valence-electron chi connectivity index (χ1n) is 8.67. The van der Waals surface area contributed by atoms with Crippen LogP contribution in [-0.2, 0) is 18.3 Å². The maximum Gasteiger partial charge on any atom is 0.338 e. The van der Waals surface area contributed by atoms with Crippen LogP contribution in [0.1, 0.15) is 49.7 Å². The summed E-state index contributed by atoms with van der Waals surface area (Å²) in [5, 5.41) is 4.59. The molecule has 2 heterocycles. The van der Waals surface area contributed by atoms with Crippen LogP contribution in [0.25, 0.3) is 22.4 Å². The van der Waals surface area contributed by atoms with E-state index >= 15 is 0 Å². The molecular formula is C19H24N4O2. The van der Waals surface area contributed by atoms with Crippen molar-refractivity contribution in [3.63, 3.8) is 0 Å². The van der Waals surface area contributed by atoms with E-state index in [2.05, 4.69) is 30.4 Å². The molecule has 0 bridgehead atoms. The molecule has 6 nitrogen and oxygen atoms in total. The summed E-state index contributed by atoms with van der Waals surface area (Å²) in [4.78, 5) is 16.8. The van der Waals surface area contributed by atoms with Crippen LogP contribution in [0.15, 0.2) is 24.4 Å². The molecule has 0 aliphatic carbocycles. The van der Waals surface area contributed by atoms with Crippen molar-refractivity contribution in [1.82, 2.24) is 19.3 Å². The highest BCUT2D eigenvalue weighted by Crippen LogP contribution is 2.30. The number of benzene rings is 1. The van der Waals surface area contributed by atoms with Gasteiger partial charge in [-0.2, -0.15) is 5.10 Å². The van der Waals surface area contributed by atoms with Crippen LogP contribution in [0.3, 0.4) is 0 Å². The monoisotopic (exact) mass is 340 g/mol. The molecule has 0 saturated heterocycles. The molecule has 0 aliphatic rings. The minimum Gasteiger partial charge on any atom is -0.462 e. The predicted octanol–water partition coefficient (Wildman–Crippen LogP) is 3.76. The number of fused-ring (bicyclic) bond motifs is 1. The molecule has 0 radical (unpaired) electrons. The van der Waals surface area contributed by atoms with Crippen molar-refractivity contribution in [3.05, 3.63) is 35.7 Å². The first-order chi connectivity index (χ1) is 12.0. The van der Waals surface area contributed by atoms with Gasteiger partial charge in [-0.25, -0.2) is 9.78 Å². The first-order valence-corrected chi connectivity index (χ1v) is 8.67. The van der Waals surface area contributed by atoms with Crippen molar-refractivity contribution in [2.24, 2.45) is 7.05 Å². The van der Waals surface area contributed by atoms with Gasteiger partial charge in [-0.3, -0.25) is 4.68 Å². The van der Waals surface area contributed by atoms with Crippen molar-refractivity contribution in [3.8, 4) is 11.4 Å². The van der Waals surface area contributed by atoms with Gasteiger partial charge in [0.1, 0.15) is 5.82 Å². The second kappa shape index (κ2) is 6.70. The van der Waals surface area contributed by atoms with Gasteiger partial charge in [-0.1, -0.05) is 13.8 Å². The Kier molecular flexibility index (Phi) is 4.61. The lowest BCUT2D eigenvalue weighted by atomic mass is 10.1. The lowest BCUT2D eigenvalue weighted by molar-refractivity contribution is 0.0526. The normalized spacial score (nSPS) is 11.4. The Morgan fingerprint density at radius 1 is 1.28 bits per heavy atom. The number of esters is 1. The van der Waals surface area contributed by atoms with Gasteiger partial charge in [0, 0.05) is 19.8 Å². The number of carbonyl (C=O) groups is 1. The average molecular weight is 340 g/mol. The fraction of sp³-hybridized carbons (Fsp3) is 0.421. The van der Waals surface area contributed by atoms with Crippen LogP contribution >= 0.6 is 0 Å². The van der Waals surface area contributed by atoms with Crippen LogP contribution in [-0.4, -0.2) is 31.9 Å². The van der Waals surface area contributed by atoms with E-state index < -0.39 is 0 Å². The molecule has 3 rings (SSSR count). The molecule has 6 heteroatoms. The van der Waals surface area contributed by atoms with Gasteiger partial charge in [0.2, 0.25) is 0 Å². The highest BCUT2D eigenvalue weighted by Gasteiger charge is 2.20. The number of hydrogen-bond acceptors (Lipinski definition) is 4. The van der Waals surface area contributed by atoms with Crippen molar-refractivity contribution >= 4 is 17.0 Å². The molecule has 0 atom stereocenters. The minimum absolute atomic E-state index is 0.302. The zero-order chi connectivity index (χ0) is 18.1. The lowest BCUT2D eigenvalue weighted by Gasteiger charge is -2.08. The molecule has 0 fully saturated rings. The largest absolute Gasteiger partial charge is 0.462 e. The molecule has 0 aliphatic heterocycles. The van der Waals surface area contributed by atoms with Gasteiger partial charge in [-0.15, -0.1) is 0 Å². The van der Waals surface area contributed by atoms with Crippen molar-refractivity contribution in [2.45, 2.75) is 40.2 Å². The molecule has 25 heavy (non-hydrogen) atoms. The van der Waals surface area contributed by atoms with E-state index in [4.69, 9.17) is 9.72 Å². The Hall–Kier alpha value is -2.63. The summed E-state index contributed by atoms with van der Waals surface area (Å²) >= 11 is 0. The Morgan fingerprint density at radius 2 is 2.04 bits per heavy atom. The number of imidazole rings is 1. The second-order valence-corrected chi connectivity index (χ2v) is 6.36. The second-order valence-electron chi connectivity index (χ2n) is 6.36. The lowest BCUT2D eigenvalue weighted by Crippen LogP contribution is -2.04. The third-order valence-corrected chi connectivity index (χ3v) is 4.22. The molecule has 0 unspecified atom stereocenters. The van der Waals surface area contributed by atoms with E-state index in [1.807, 2.05) is 24.0 Å². The number of aromatic nitrogens is 4. The van der Waals surface area contributed by atoms with Gasteiger partial charge in [-0.05, 0) is 38.0 Å². The smallest absolute Gasteiger partial charge is 0.338 e. The average Bonchev–Trinajstić information content (AvgIpc) is 3.14. The van der Waals surface area contributed by atoms with E-state index in [1.165, 1.54) is 0 Å². The molecule has 3 aromatic rings. The highest BCUT2D eigenvalue weighted by atomic mass is 16.5. The molecule has 2 aromatic heterocycles. The zero-order valence-electron chi connectivity index (χ0n) is 15.4.